The quantitative estimate of drug-likeness (QED) is 0.715. The molecule has 0 aliphatic heterocycles. The number of benzene rings is 1. The van der Waals surface area contributed by atoms with Gasteiger partial charge >= 0.3 is 6.18 Å². The molecule has 0 amide bonds. The van der Waals surface area contributed by atoms with E-state index in [0.717, 1.165) is 12.1 Å². The van der Waals surface area contributed by atoms with Crippen LogP contribution in [-0.4, -0.2) is 0 Å². The third kappa shape index (κ3) is 2.72. The molecule has 0 fully saturated rings. The fourth-order valence-corrected chi connectivity index (χ4v) is 1.11. The van der Waals surface area contributed by atoms with Crippen molar-refractivity contribution in [2.75, 3.05) is 0 Å². The van der Waals surface area contributed by atoms with E-state index in [2.05, 4.69) is 0 Å². The van der Waals surface area contributed by atoms with E-state index in [1.807, 2.05) is 0 Å². The van der Waals surface area contributed by atoms with Crippen molar-refractivity contribution < 1.29 is 13.2 Å². The topological polar surface area (TPSA) is 47.6 Å². The van der Waals surface area contributed by atoms with Crippen LogP contribution < -0.4 is 0 Å². The molecule has 0 atom stereocenters. The van der Waals surface area contributed by atoms with Gasteiger partial charge in [0.05, 0.1) is 29.7 Å². The standard InChI is InChI=1S/C10H5F3N2/c11-10(12,13)9-4-7(1-2-14)3-8(5-9)6-15/h3-5H,1H2. The summed E-state index contributed by atoms with van der Waals surface area (Å²) in [6.45, 7) is 0. The molecule has 1 aromatic rings. The van der Waals surface area contributed by atoms with Crippen molar-refractivity contribution in [3.8, 4) is 12.1 Å². The number of nitrogens with zero attached hydrogens (tertiary/aromatic N) is 2. The van der Waals surface area contributed by atoms with Gasteiger partial charge in [-0.05, 0) is 23.8 Å². The Balaban J connectivity index is 3.26. The van der Waals surface area contributed by atoms with Crippen molar-refractivity contribution in [2.45, 2.75) is 12.6 Å². The maximum atomic E-state index is 12.3. The molecule has 0 radical (unpaired) electrons. The molecule has 5 heteroatoms. The first kappa shape index (κ1) is 11.1. The van der Waals surface area contributed by atoms with E-state index >= 15 is 0 Å². The number of halogens is 3. The summed E-state index contributed by atoms with van der Waals surface area (Å²) in [6.07, 6.45) is -4.63. The summed E-state index contributed by atoms with van der Waals surface area (Å²) in [5.74, 6) is 0. The van der Waals surface area contributed by atoms with Gasteiger partial charge in [-0.2, -0.15) is 23.7 Å². The molecule has 0 spiro atoms. The molecule has 1 aromatic carbocycles. The van der Waals surface area contributed by atoms with Crippen molar-refractivity contribution in [3.05, 3.63) is 34.9 Å². The lowest BCUT2D eigenvalue weighted by Gasteiger charge is -2.08. The van der Waals surface area contributed by atoms with Gasteiger partial charge in [-0.25, -0.2) is 0 Å². The van der Waals surface area contributed by atoms with Crippen LogP contribution in [0.1, 0.15) is 16.7 Å². The first-order valence-corrected chi connectivity index (χ1v) is 3.95. The van der Waals surface area contributed by atoms with E-state index in [9.17, 15) is 13.2 Å². The Morgan fingerprint density at radius 3 is 2.27 bits per heavy atom. The zero-order chi connectivity index (χ0) is 11.5. The number of alkyl halides is 3. The molecular formula is C10H5F3N2. The van der Waals surface area contributed by atoms with Gasteiger partial charge in [-0.3, -0.25) is 0 Å². The minimum Gasteiger partial charge on any atom is -0.198 e. The Labute approximate surface area is 84.2 Å². The van der Waals surface area contributed by atoms with Gasteiger partial charge in [0.1, 0.15) is 0 Å². The molecule has 0 heterocycles. The molecule has 15 heavy (non-hydrogen) atoms. The van der Waals surface area contributed by atoms with Gasteiger partial charge in [0.15, 0.2) is 0 Å². The van der Waals surface area contributed by atoms with Crippen LogP contribution in [0.15, 0.2) is 18.2 Å². The second kappa shape index (κ2) is 4.02. The molecule has 0 saturated carbocycles. The molecular weight excluding hydrogens is 205 g/mol. The highest BCUT2D eigenvalue weighted by Gasteiger charge is 2.31. The normalized spacial score (nSPS) is 10.5. The van der Waals surface area contributed by atoms with Crippen LogP contribution in [0.3, 0.4) is 0 Å². The summed E-state index contributed by atoms with van der Waals surface area (Å²) in [5.41, 5.74) is -0.786. The molecule has 1 rings (SSSR count). The zero-order valence-electron chi connectivity index (χ0n) is 7.47. The van der Waals surface area contributed by atoms with Crippen LogP contribution in [0.2, 0.25) is 0 Å². The fraction of sp³-hybridized carbons (Fsp3) is 0.200. The zero-order valence-corrected chi connectivity index (χ0v) is 7.47. The Hall–Kier alpha value is -2.01. The van der Waals surface area contributed by atoms with Crippen LogP contribution >= 0.6 is 0 Å². The number of hydrogen-bond acceptors (Lipinski definition) is 2. The largest absolute Gasteiger partial charge is 0.416 e. The minimum absolute atomic E-state index is 0.0879. The van der Waals surface area contributed by atoms with Crippen molar-refractivity contribution in [1.29, 1.82) is 10.5 Å². The van der Waals surface area contributed by atoms with E-state index in [-0.39, 0.29) is 17.5 Å². The smallest absolute Gasteiger partial charge is 0.198 e. The number of nitriles is 2. The highest BCUT2D eigenvalue weighted by molar-refractivity contribution is 5.39. The highest BCUT2D eigenvalue weighted by Crippen LogP contribution is 2.30. The molecule has 2 nitrogen and oxygen atoms in total. The van der Waals surface area contributed by atoms with Crippen LogP contribution in [-0.2, 0) is 12.6 Å². The Morgan fingerprint density at radius 2 is 1.80 bits per heavy atom. The SMILES string of the molecule is N#CCc1cc(C#N)cc(C(F)(F)F)c1. The van der Waals surface area contributed by atoms with E-state index in [1.54, 1.807) is 12.1 Å². The average Bonchev–Trinajstić information content (AvgIpc) is 2.16. The summed E-state index contributed by atoms with van der Waals surface area (Å²) in [7, 11) is 0. The molecule has 76 valence electrons. The first-order valence-electron chi connectivity index (χ1n) is 3.95. The average molecular weight is 210 g/mol. The molecule has 0 N–H and O–H groups in total. The lowest BCUT2D eigenvalue weighted by Crippen LogP contribution is -2.06. The summed E-state index contributed by atoms with van der Waals surface area (Å²) in [5, 5.41) is 16.9. The Morgan fingerprint density at radius 1 is 1.13 bits per heavy atom. The van der Waals surface area contributed by atoms with Crippen LogP contribution in [0.4, 0.5) is 13.2 Å². The molecule has 0 aromatic heterocycles. The minimum atomic E-state index is -4.49. The van der Waals surface area contributed by atoms with E-state index in [4.69, 9.17) is 10.5 Å². The number of rotatable bonds is 1. The first-order chi connectivity index (χ1) is 6.97. The highest BCUT2D eigenvalue weighted by atomic mass is 19.4. The van der Waals surface area contributed by atoms with Gasteiger partial charge in [0.25, 0.3) is 0 Å². The molecule has 0 aliphatic rings. The second-order valence-corrected chi connectivity index (χ2v) is 2.86. The van der Waals surface area contributed by atoms with Crippen LogP contribution in [0.5, 0.6) is 0 Å². The van der Waals surface area contributed by atoms with Crippen molar-refractivity contribution in [2.24, 2.45) is 0 Å². The summed E-state index contributed by atoms with van der Waals surface area (Å²) < 4.78 is 37.0. The molecule has 0 bridgehead atoms. The summed E-state index contributed by atoms with van der Waals surface area (Å²) in [6, 6.07) is 6.29. The second-order valence-electron chi connectivity index (χ2n) is 2.86. The van der Waals surface area contributed by atoms with E-state index in [0.29, 0.717) is 0 Å². The van der Waals surface area contributed by atoms with Gasteiger partial charge in [-0.1, -0.05) is 0 Å². The summed E-state index contributed by atoms with van der Waals surface area (Å²) >= 11 is 0. The lowest BCUT2D eigenvalue weighted by atomic mass is 10.0. The van der Waals surface area contributed by atoms with Gasteiger partial charge in [0.2, 0.25) is 0 Å². The maximum Gasteiger partial charge on any atom is 0.416 e. The predicted molar refractivity (Wildman–Crippen MR) is 45.5 cm³/mol. The third-order valence-corrected chi connectivity index (χ3v) is 1.73. The van der Waals surface area contributed by atoms with Gasteiger partial charge in [-0.15, -0.1) is 0 Å². The monoisotopic (exact) mass is 210 g/mol. The molecule has 0 unspecified atom stereocenters. The van der Waals surface area contributed by atoms with Crippen LogP contribution in [0, 0.1) is 22.7 Å². The van der Waals surface area contributed by atoms with Crippen LogP contribution in [0.25, 0.3) is 0 Å². The maximum absolute atomic E-state index is 12.3. The summed E-state index contributed by atoms with van der Waals surface area (Å²) in [4.78, 5) is 0. The number of hydrogen-bond donors (Lipinski definition) is 0. The van der Waals surface area contributed by atoms with Crippen molar-refractivity contribution >= 4 is 0 Å². The lowest BCUT2D eigenvalue weighted by molar-refractivity contribution is -0.137. The van der Waals surface area contributed by atoms with Crippen molar-refractivity contribution in [3.63, 3.8) is 0 Å². The van der Waals surface area contributed by atoms with E-state index < -0.39 is 11.7 Å². The van der Waals surface area contributed by atoms with Crippen molar-refractivity contribution in [1.82, 2.24) is 0 Å². The Bertz CT molecular complexity index is 449. The molecule has 0 saturated heterocycles. The predicted octanol–water partition coefficient (Wildman–Crippen LogP) is 2.64. The fourth-order valence-electron chi connectivity index (χ4n) is 1.11. The third-order valence-electron chi connectivity index (χ3n) is 1.73. The van der Waals surface area contributed by atoms with Gasteiger partial charge < -0.3 is 0 Å². The Kier molecular flexibility index (Phi) is 2.96. The van der Waals surface area contributed by atoms with Gasteiger partial charge in [0, 0.05) is 0 Å². The van der Waals surface area contributed by atoms with E-state index in [1.165, 1.54) is 6.07 Å². The molecule has 0 aliphatic carbocycles.